The fraction of sp³-hybridized carbons (Fsp3) is 0.583. The van der Waals surface area contributed by atoms with Crippen LogP contribution >= 0.6 is 0 Å². The number of ether oxygens (including phenoxy) is 1. The van der Waals surface area contributed by atoms with Crippen molar-refractivity contribution in [3.05, 3.63) is 22.2 Å². The average Bonchev–Trinajstić information content (AvgIpc) is 3.18. The van der Waals surface area contributed by atoms with Crippen LogP contribution in [0, 0.1) is 0 Å². The van der Waals surface area contributed by atoms with Gasteiger partial charge in [-0.25, -0.2) is 4.98 Å². The molecule has 0 aromatic carbocycles. The Morgan fingerprint density at radius 2 is 2.33 bits per heavy atom. The SMILES string of the molecule is COC(=O)CCN(C)c1cc(=O)[nH]c(C2CC2)n1. The van der Waals surface area contributed by atoms with E-state index in [9.17, 15) is 9.59 Å². The van der Waals surface area contributed by atoms with Gasteiger partial charge in [0.1, 0.15) is 11.6 Å². The second-order valence-electron chi connectivity index (χ2n) is 4.51. The van der Waals surface area contributed by atoms with Crippen molar-refractivity contribution in [1.29, 1.82) is 0 Å². The predicted octanol–water partition coefficient (Wildman–Crippen LogP) is 0.647. The molecule has 1 aromatic rings. The van der Waals surface area contributed by atoms with Gasteiger partial charge < -0.3 is 14.6 Å². The fourth-order valence-electron chi connectivity index (χ4n) is 1.68. The van der Waals surface area contributed by atoms with Gasteiger partial charge in [0.2, 0.25) is 0 Å². The van der Waals surface area contributed by atoms with Crippen molar-refractivity contribution in [2.45, 2.75) is 25.2 Å². The third kappa shape index (κ3) is 3.09. The van der Waals surface area contributed by atoms with Gasteiger partial charge in [0.05, 0.1) is 13.5 Å². The standard InChI is InChI=1S/C12H17N3O3/c1-15(6-5-11(17)18-2)9-7-10(16)14-12(13-9)8-3-4-8/h7-8H,3-6H2,1-2H3,(H,13,14,16). The topological polar surface area (TPSA) is 75.3 Å². The highest BCUT2D eigenvalue weighted by molar-refractivity contribution is 5.69. The van der Waals surface area contributed by atoms with E-state index < -0.39 is 0 Å². The van der Waals surface area contributed by atoms with Gasteiger partial charge >= 0.3 is 5.97 Å². The number of H-pyrrole nitrogens is 1. The maximum Gasteiger partial charge on any atom is 0.307 e. The van der Waals surface area contributed by atoms with Gasteiger partial charge in [-0.15, -0.1) is 0 Å². The van der Waals surface area contributed by atoms with Crippen molar-refractivity contribution in [2.24, 2.45) is 0 Å². The van der Waals surface area contributed by atoms with E-state index in [1.54, 1.807) is 11.9 Å². The summed E-state index contributed by atoms with van der Waals surface area (Å²) in [5.74, 6) is 1.48. The molecule has 2 rings (SSSR count). The number of anilines is 1. The Morgan fingerprint density at radius 3 is 2.94 bits per heavy atom. The smallest absolute Gasteiger partial charge is 0.307 e. The van der Waals surface area contributed by atoms with Crippen LogP contribution in [0.2, 0.25) is 0 Å². The summed E-state index contributed by atoms with van der Waals surface area (Å²) in [5, 5.41) is 0. The van der Waals surface area contributed by atoms with Crippen molar-refractivity contribution in [1.82, 2.24) is 9.97 Å². The first kappa shape index (κ1) is 12.6. The third-order valence-electron chi connectivity index (χ3n) is 2.98. The molecule has 1 fully saturated rings. The molecule has 0 atom stereocenters. The van der Waals surface area contributed by atoms with E-state index in [2.05, 4.69) is 14.7 Å². The number of hydrogen-bond donors (Lipinski definition) is 1. The van der Waals surface area contributed by atoms with E-state index in [-0.39, 0.29) is 17.9 Å². The Morgan fingerprint density at radius 1 is 1.61 bits per heavy atom. The first-order chi connectivity index (χ1) is 8.60. The van der Waals surface area contributed by atoms with Gasteiger partial charge in [-0.3, -0.25) is 9.59 Å². The molecule has 18 heavy (non-hydrogen) atoms. The molecule has 1 aliphatic carbocycles. The maximum absolute atomic E-state index is 11.5. The van der Waals surface area contributed by atoms with Gasteiger partial charge in [-0.2, -0.15) is 0 Å². The first-order valence-electron chi connectivity index (χ1n) is 5.99. The average molecular weight is 251 g/mol. The summed E-state index contributed by atoms with van der Waals surface area (Å²) in [6.45, 7) is 0.479. The summed E-state index contributed by atoms with van der Waals surface area (Å²) in [5.41, 5.74) is -0.146. The minimum Gasteiger partial charge on any atom is -0.469 e. The van der Waals surface area contributed by atoms with Crippen LogP contribution in [0.15, 0.2) is 10.9 Å². The van der Waals surface area contributed by atoms with Gasteiger partial charge in [0, 0.05) is 25.6 Å². The van der Waals surface area contributed by atoms with Crippen molar-refractivity contribution in [2.75, 3.05) is 25.6 Å². The van der Waals surface area contributed by atoms with Crippen LogP contribution in [0.5, 0.6) is 0 Å². The lowest BCUT2D eigenvalue weighted by molar-refractivity contribution is -0.140. The fourth-order valence-corrected chi connectivity index (χ4v) is 1.68. The van der Waals surface area contributed by atoms with Gasteiger partial charge in [-0.1, -0.05) is 0 Å². The van der Waals surface area contributed by atoms with E-state index in [0.717, 1.165) is 18.7 Å². The van der Waals surface area contributed by atoms with Crippen molar-refractivity contribution in [3.63, 3.8) is 0 Å². The number of nitrogens with one attached hydrogen (secondary N) is 1. The van der Waals surface area contributed by atoms with Gasteiger partial charge in [0.15, 0.2) is 0 Å². The minimum absolute atomic E-state index is 0.146. The van der Waals surface area contributed by atoms with Crippen LogP contribution in [-0.4, -0.2) is 36.6 Å². The molecular formula is C12H17N3O3. The second kappa shape index (κ2) is 5.20. The first-order valence-corrected chi connectivity index (χ1v) is 5.99. The number of esters is 1. The molecule has 98 valence electrons. The number of aromatic amines is 1. The molecule has 0 bridgehead atoms. The van der Waals surface area contributed by atoms with E-state index in [0.29, 0.717) is 18.3 Å². The molecular weight excluding hydrogens is 234 g/mol. The highest BCUT2D eigenvalue weighted by atomic mass is 16.5. The Kier molecular flexibility index (Phi) is 3.64. The Hall–Kier alpha value is -1.85. The number of aromatic nitrogens is 2. The van der Waals surface area contributed by atoms with Crippen LogP contribution in [0.3, 0.4) is 0 Å². The summed E-state index contributed by atoms with van der Waals surface area (Å²) >= 11 is 0. The Bertz CT molecular complexity index is 494. The van der Waals surface area contributed by atoms with Crippen molar-refractivity contribution >= 4 is 11.8 Å². The van der Waals surface area contributed by atoms with Crippen LogP contribution in [0.4, 0.5) is 5.82 Å². The highest BCUT2D eigenvalue weighted by Crippen LogP contribution is 2.37. The zero-order chi connectivity index (χ0) is 13.1. The molecule has 1 saturated carbocycles. The van der Waals surface area contributed by atoms with E-state index in [4.69, 9.17) is 0 Å². The van der Waals surface area contributed by atoms with Crippen LogP contribution in [-0.2, 0) is 9.53 Å². The molecule has 1 aromatic heterocycles. The molecule has 0 amide bonds. The molecule has 0 spiro atoms. The number of methoxy groups -OCH3 is 1. The highest BCUT2D eigenvalue weighted by Gasteiger charge is 2.26. The zero-order valence-corrected chi connectivity index (χ0v) is 10.6. The third-order valence-corrected chi connectivity index (χ3v) is 2.98. The largest absolute Gasteiger partial charge is 0.469 e. The number of carbonyl (C=O) groups is 1. The maximum atomic E-state index is 11.5. The van der Waals surface area contributed by atoms with E-state index >= 15 is 0 Å². The van der Waals surface area contributed by atoms with Gasteiger partial charge in [-0.05, 0) is 12.8 Å². The van der Waals surface area contributed by atoms with E-state index in [1.807, 2.05) is 0 Å². The lowest BCUT2D eigenvalue weighted by atomic mass is 10.3. The molecule has 0 saturated heterocycles. The molecule has 6 heteroatoms. The van der Waals surface area contributed by atoms with Crippen molar-refractivity contribution < 1.29 is 9.53 Å². The number of carbonyl (C=O) groups excluding carboxylic acids is 1. The minimum atomic E-state index is -0.269. The molecule has 0 unspecified atom stereocenters. The quantitative estimate of drug-likeness (QED) is 0.777. The predicted molar refractivity (Wildman–Crippen MR) is 66.7 cm³/mol. The number of nitrogens with zero attached hydrogens (tertiary/aromatic N) is 2. The monoisotopic (exact) mass is 251 g/mol. The lowest BCUT2D eigenvalue weighted by Crippen LogP contribution is -2.25. The molecule has 1 heterocycles. The van der Waals surface area contributed by atoms with E-state index in [1.165, 1.54) is 13.2 Å². The molecule has 0 radical (unpaired) electrons. The Balaban J connectivity index is 2.07. The molecule has 6 nitrogen and oxygen atoms in total. The number of rotatable bonds is 5. The second-order valence-corrected chi connectivity index (χ2v) is 4.51. The zero-order valence-electron chi connectivity index (χ0n) is 10.6. The molecule has 1 N–H and O–H groups in total. The number of hydrogen-bond acceptors (Lipinski definition) is 5. The summed E-state index contributed by atoms with van der Waals surface area (Å²) in [7, 11) is 3.17. The van der Waals surface area contributed by atoms with Crippen molar-refractivity contribution in [3.8, 4) is 0 Å². The summed E-state index contributed by atoms with van der Waals surface area (Å²) in [6, 6.07) is 1.45. The summed E-state index contributed by atoms with van der Waals surface area (Å²) < 4.78 is 4.58. The normalized spacial score (nSPS) is 14.3. The molecule has 0 aliphatic heterocycles. The van der Waals surface area contributed by atoms with Crippen LogP contribution < -0.4 is 10.5 Å². The van der Waals surface area contributed by atoms with Gasteiger partial charge in [0.25, 0.3) is 5.56 Å². The Labute approximate surface area is 105 Å². The summed E-state index contributed by atoms with van der Waals surface area (Å²) in [6.07, 6.45) is 2.44. The van der Waals surface area contributed by atoms with Crippen LogP contribution in [0.1, 0.15) is 31.0 Å². The lowest BCUT2D eigenvalue weighted by Gasteiger charge is -2.17. The van der Waals surface area contributed by atoms with Crippen LogP contribution in [0.25, 0.3) is 0 Å². The summed E-state index contributed by atoms with van der Waals surface area (Å²) in [4.78, 5) is 31.6. The molecule has 1 aliphatic rings.